The molecule has 0 aliphatic carbocycles. The lowest BCUT2D eigenvalue weighted by molar-refractivity contribution is -0.143. The van der Waals surface area contributed by atoms with Crippen molar-refractivity contribution >= 4 is 5.97 Å². The second-order valence-electron chi connectivity index (χ2n) is 3.50. The fraction of sp³-hybridized carbons (Fsp3) is 0.583. The summed E-state index contributed by atoms with van der Waals surface area (Å²) in [6.45, 7) is 3.06. The predicted molar refractivity (Wildman–Crippen MR) is 58.5 cm³/mol. The molecule has 3 heteroatoms. The molecule has 1 atom stereocenters. The van der Waals surface area contributed by atoms with Crippen molar-refractivity contribution in [2.75, 3.05) is 13.2 Å². The first kappa shape index (κ1) is 12.0. The lowest BCUT2D eigenvalue weighted by Gasteiger charge is -2.21. The quantitative estimate of drug-likeness (QED) is 0.405. The number of carbonyl (C=O) groups excluding carboxylic acids is 1. The van der Waals surface area contributed by atoms with Crippen LogP contribution in [0.4, 0.5) is 0 Å². The normalized spacial score (nSPS) is 22.3. The largest absolute Gasteiger partial charge is 0.460 e. The SMILES string of the molecule is CC=CC=CC(=O)OCC1CCCCO1. The highest BCUT2D eigenvalue weighted by molar-refractivity contribution is 5.82. The second kappa shape index (κ2) is 7.23. The molecule has 84 valence electrons. The van der Waals surface area contributed by atoms with Crippen LogP contribution in [0.5, 0.6) is 0 Å². The number of hydrogen-bond acceptors (Lipinski definition) is 3. The zero-order valence-corrected chi connectivity index (χ0v) is 9.15. The highest BCUT2D eigenvalue weighted by Crippen LogP contribution is 2.12. The van der Waals surface area contributed by atoms with Gasteiger partial charge in [-0.2, -0.15) is 0 Å². The van der Waals surface area contributed by atoms with Crippen molar-refractivity contribution in [3.63, 3.8) is 0 Å². The Balaban J connectivity index is 2.15. The van der Waals surface area contributed by atoms with Crippen molar-refractivity contribution in [2.24, 2.45) is 0 Å². The van der Waals surface area contributed by atoms with E-state index in [-0.39, 0.29) is 12.1 Å². The Morgan fingerprint density at radius 3 is 3.00 bits per heavy atom. The van der Waals surface area contributed by atoms with Gasteiger partial charge in [0.15, 0.2) is 0 Å². The van der Waals surface area contributed by atoms with Crippen molar-refractivity contribution in [1.82, 2.24) is 0 Å². The van der Waals surface area contributed by atoms with Gasteiger partial charge in [-0.25, -0.2) is 4.79 Å². The predicted octanol–water partition coefficient (Wildman–Crippen LogP) is 2.23. The first-order valence-corrected chi connectivity index (χ1v) is 5.40. The molecule has 1 fully saturated rings. The Labute approximate surface area is 90.8 Å². The highest BCUT2D eigenvalue weighted by Gasteiger charge is 2.14. The fourth-order valence-corrected chi connectivity index (χ4v) is 1.41. The summed E-state index contributed by atoms with van der Waals surface area (Å²) in [6.07, 6.45) is 10.1. The maximum absolute atomic E-state index is 11.2. The third kappa shape index (κ3) is 5.37. The number of carbonyl (C=O) groups is 1. The molecule has 1 aliphatic heterocycles. The van der Waals surface area contributed by atoms with Gasteiger partial charge in [0.25, 0.3) is 0 Å². The molecule has 1 unspecified atom stereocenters. The minimum atomic E-state index is -0.303. The fourth-order valence-electron chi connectivity index (χ4n) is 1.41. The number of esters is 1. The first-order chi connectivity index (χ1) is 7.33. The molecule has 0 N–H and O–H groups in total. The van der Waals surface area contributed by atoms with E-state index in [2.05, 4.69) is 0 Å². The van der Waals surface area contributed by atoms with Crippen LogP contribution in [0.2, 0.25) is 0 Å². The van der Waals surface area contributed by atoms with E-state index in [1.807, 2.05) is 13.0 Å². The number of ether oxygens (including phenoxy) is 2. The zero-order valence-electron chi connectivity index (χ0n) is 9.15. The van der Waals surface area contributed by atoms with E-state index in [1.54, 1.807) is 12.2 Å². The van der Waals surface area contributed by atoms with Gasteiger partial charge in [0.05, 0.1) is 6.10 Å². The van der Waals surface area contributed by atoms with Gasteiger partial charge in [0.2, 0.25) is 0 Å². The van der Waals surface area contributed by atoms with Crippen molar-refractivity contribution in [3.05, 3.63) is 24.3 Å². The summed E-state index contributed by atoms with van der Waals surface area (Å²) in [5.41, 5.74) is 0. The molecule has 0 aromatic carbocycles. The van der Waals surface area contributed by atoms with E-state index < -0.39 is 0 Å². The summed E-state index contributed by atoms with van der Waals surface area (Å²) < 4.78 is 10.5. The lowest BCUT2D eigenvalue weighted by Crippen LogP contribution is -2.25. The van der Waals surface area contributed by atoms with E-state index in [9.17, 15) is 4.79 Å². The van der Waals surface area contributed by atoms with E-state index in [4.69, 9.17) is 9.47 Å². The van der Waals surface area contributed by atoms with Crippen LogP contribution >= 0.6 is 0 Å². The van der Waals surface area contributed by atoms with Crippen LogP contribution in [0.15, 0.2) is 24.3 Å². The minimum Gasteiger partial charge on any atom is -0.460 e. The molecule has 1 heterocycles. The molecule has 1 saturated heterocycles. The van der Waals surface area contributed by atoms with Crippen molar-refractivity contribution < 1.29 is 14.3 Å². The Kier molecular flexibility index (Phi) is 5.78. The molecule has 0 saturated carbocycles. The van der Waals surface area contributed by atoms with Gasteiger partial charge >= 0.3 is 5.97 Å². The smallest absolute Gasteiger partial charge is 0.330 e. The molecule has 15 heavy (non-hydrogen) atoms. The Hall–Kier alpha value is -1.09. The minimum absolute atomic E-state index is 0.0952. The zero-order chi connectivity index (χ0) is 10.9. The van der Waals surface area contributed by atoms with E-state index >= 15 is 0 Å². The maximum atomic E-state index is 11.2. The number of rotatable bonds is 4. The average Bonchev–Trinajstić information content (AvgIpc) is 2.28. The Bertz CT molecular complexity index is 237. The van der Waals surface area contributed by atoms with Gasteiger partial charge in [-0.05, 0) is 26.2 Å². The van der Waals surface area contributed by atoms with Gasteiger partial charge in [-0.1, -0.05) is 18.2 Å². The van der Waals surface area contributed by atoms with Crippen molar-refractivity contribution in [1.29, 1.82) is 0 Å². The molecule has 0 spiro atoms. The molecule has 0 aromatic heterocycles. The Morgan fingerprint density at radius 1 is 1.47 bits per heavy atom. The van der Waals surface area contributed by atoms with Crippen LogP contribution in [0.3, 0.4) is 0 Å². The molecule has 1 rings (SSSR count). The summed E-state index contributed by atoms with van der Waals surface area (Å²) in [6, 6.07) is 0. The van der Waals surface area contributed by atoms with Crippen LogP contribution in [0, 0.1) is 0 Å². The van der Waals surface area contributed by atoms with Gasteiger partial charge in [0.1, 0.15) is 6.61 Å². The molecular formula is C12H18O3. The van der Waals surface area contributed by atoms with Crippen LogP contribution in [0.1, 0.15) is 26.2 Å². The molecule has 1 aliphatic rings. The van der Waals surface area contributed by atoms with E-state index in [0.29, 0.717) is 6.61 Å². The van der Waals surface area contributed by atoms with E-state index in [0.717, 1.165) is 25.9 Å². The number of allylic oxidation sites excluding steroid dienone is 3. The lowest BCUT2D eigenvalue weighted by atomic mass is 10.1. The summed E-state index contributed by atoms with van der Waals surface area (Å²) in [4.78, 5) is 11.2. The van der Waals surface area contributed by atoms with Gasteiger partial charge < -0.3 is 9.47 Å². The van der Waals surface area contributed by atoms with Crippen molar-refractivity contribution in [2.45, 2.75) is 32.3 Å². The topological polar surface area (TPSA) is 35.5 Å². The van der Waals surface area contributed by atoms with Crippen LogP contribution in [-0.4, -0.2) is 25.3 Å². The average molecular weight is 210 g/mol. The van der Waals surface area contributed by atoms with Crippen molar-refractivity contribution in [3.8, 4) is 0 Å². The molecule has 3 nitrogen and oxygen atoms in total. The van der Waals surface area contributed by atoms with Crippen LogP contribution in [-0.2, 0) is 14.3 Å². The van der Waals surface area contributed by atoms with Gasteiger partial charge in [0, 0.05) is 12.7 Å². The van der Waals surface area contributed by atoms with Crippen LogP contribution in [0.25, 0.3) is 0 Å². The molecular weight excluding hydrogens is 192 g/mol. The summed E-state index contributed by atoms with van der Waals surface area (Å²) in [5, 5.41) is 0. The van der Waals surface area contributed by atoms with Crippen LogP contribution < -0.4 is 0 Å². The molecule has 0 radical (unpaired) electrons. The maximum Gasteiger partial charge on any atom is 0.330 e. The summed E-state index contributed by atoms with van der Waals surface area (Å²) in [5.74, 6) is -0.303. The second-order valence-corrected chi connectivity index (χ2v) is 3.50. The summed E-state index contributed by atoms with van der Waals surface area (Å²) in [7, 11) is 0. The standard InChI is InChI=1S/C12H18O3/c1-2-3-4-8-12(13)15-10-11-7-5-6-9-14-11/h2-4,8,11H,5-7,9-10H2,1H3. The van der Waals surface area contributed by atoms with E-state index in [1.165, 1.54) is 6.08 Å². The number of hydrogen-bond donors (Lipinski definition) is 0. The summed E-state index contributed by atoms with van der Waals surface area (Å²) >= 11 is 0. The Morgan fingerprint density at radius 2 is 2.33 bits per heavy atom. The third-order valence-corrected chi connectivity index (χ3v) is 2.22. The third-order valence-electron chi connectivity index (χ3n) is 2.22. The molecule has 0 bridgehead atoms. The monoisotopic (exact) mass is 210 g/mol. The highest BCUT2D eigenvalue weighted by atomic mass is 16.6. The first-order valence-electron chi connectivity index (χ1n) is 5.40. The van der Waals surface area contributed by atoms with Gasteiger partial charge in [-0.15, -0.1) is 0 Å². The van der Waals surface area contributed by atoms with Gasteiger partial charge in [-0.3, -0.25) is 0 Å². The molecule has 0 aromatic rings. The molecule has 0 amide bonds.